The van der Waals surface area contributed by atoms with Gasteiger partial charge in [0.05, 0.1) is 13.2 Å². The molecule has 28 heavy (non-hydrogen) atoms. The summed E-state index contributed by atoms with van der Waals surface area (Å²) in [5, 5.41) is 12.8. The van der Waals surface area contributed by atoms with Crippen LogP contribution in [0.5, 0.6) is 5.75 Å². The Hall–Kier alpha value is -3.45. The lowest BCUT2D eigenvalue weighted by Crippen LogP contribution is -2.33. The summed E-state index contributed by atoms with van der Waals surface area (Å²) in [7, 11) is 1.53. The van der Waals surface area contributed by atoms with Crippen LogP contribution in [0.25, 0.3) is 11.4 Å². The SMILES string of the molecule is COc1cccc([C@H](O)CNC(=O)c2cnc(-c3ccc(C)cc3)[nH]c2=O)c1. The number of benzene rings is 2. The molecule has 0 fully saturated rings. The number of hydrogen-bond donors (Lipinski definition) is 3. The van der Waals surface area contributed by atoms with Gasteiger partial charge in [-0.1, -0.05) is 42.0 Å². The first-order chi connectivity index (χ1) is 13.5. The minimum atomic E-state index is -0.932. The summed E-state index contributed by atoms with van der Waals surface area (Å²) >= 11 is 0. The van der Waals surface area contributed by atoms with Crippen molar-refractivity contribution in [3.8, 4) is 17.1 Å². The van der Waals surface area contributed by atoms with Crippen LogP contribution in [-0.2, 0) is 0 Å². The highest BCUT2D eigenvalue weighted by Gasteiger charge is 2.15. The number of nitrogens with one attached hydrogen (secondary N) is 2. The molecule has 0 unspecified atom stereocenters. The number of carbonyl (C=O) groups is 1. The maximum absolute atomic E-state index is 12.3. The van der Waals surface area contributed by atoms with Crippen molar-refractivity contribution in [1.82, 2.24) is 15.3 Å². The Bertz CT molecular complexity index is 1030. The number of aromatic nitrogens is 2. The molecule has 7 nitrogen and oxygen atoms in total. The van der Waals surface area contributed by atoms with Gasteiger partial charge in [0.1, 0.15) is 17.1 Å². The maximum atomic E-state index is 12.3. The molecule has 3 N–H and O–H groups in total. The third kappa shape index (κ3) is 4.44. The molecule has 0 aliphatic carbocycles. The molecule has 1 atom stereocenters. The number of H-pyrrole nitrogens is 1. The van der Waals surface area contributed by atoms with Gasteiger partial charge in [0.25, 0.3) is 11.5 Å². The van der Waals surface area contributed by atoms with Crippen LogP contribution in [0, 0.1) is 6.92 Å². The summed E-state index contributed by atoms with van der Waals surface area (Å²) < 4.78 is 5.12. The van der Waals surface area contributed by atoms with Gasteiger partial charge in [-0.25, -0.2) is 4.98 Å². The Morgan fingerprint density at radius 1 is 1.25 bits per heavy atom. The van der Waals surface area contributed by atoms with Gasteiger partial charge in [-0.2, -0.15) is 0 Å². The Kier molecular flexibility index (Phi) is 5.86. The molecule has 0 radical (unpaired) electrons. The Labute approximate surface area is 162 Å². The van der Waals surface area contributed by atoms with Crippen LogP contribution < -0.4 is 15.6 Å². The molecule has 0 saturated carbocycles. The van der Waals surface area contributed by atoms with E-state index >= 15 is 0 Å². The molecule has 1 heterocycles. The fourth-order valence-corrected chi connectivity index (χ4v) is 2.67. The molecule has 3 rings (SSSR count). The Morgan fingerprint density at radius 3 is 2.68 bits per heavy atom. The largest absolute Gasteiger partial charge is 0.497 e. The lowest BCUT2D eigenvalue weighted by atomic mass is 10.1. The van der Waals surface area contributed by atoms with Crippen molar-refractivity contribution in [3.05, 3.63) is 81.8 Å². The molecular weight excluding hydrogens is 358 g/mol. The van der Waals surface area contributed by atoms with Crippen LogP contribution in [0.3, 0.4) is 0 Å². The number of methoxy groups -OCH3 is 1. The normalized spacial score (nSPS) is 11.7. The monoisotopic (exact) mass is 379 g/mol. The Morgan fingerprint density at radius 2 is 2.00 bits per heavy atom. The first kappa shape index (κ1) is 19.3. The number of rotatable bonds is 6. The third-order valence-corrected chi connectivity index (χ3v) is 4.30. The zero-order valence-electron chi connectivity index (χ0n) is 15.6. The number of aromatic amines is 1. The van der Waals surface area contributed by atoms with Crippen molar-refractivity contribution < 1.29 is 14.6 Å². The molecule has 0 saturated heterocycles. The van der Waals surface area contributed by atoms with Crippen LogP contribution in [0.15, 0.2) is 59.5 Å². The first-order valence-electron chi connectivity index (χ1n) is 8.74. The fourth-order valence-electron chi connectivity index (χ4n) is 2.67. The Balaban J connectivity index is 1.68. The number of aliphatic hydroxyl groups is 1. The average Bonchev–Trinajstić information content (AvgIpc) is 2.72. The van der Waals surface area contributed by atoms with E-state index in [9.17, 15) is 14.7 Å². The number of ether oxygens (including phenoxy) is 1. The second kappa shape index (κ2) is 8.49. The number of carbonyl (C=O) groups excluding carboxylic acids is 1. The van der Waals surface area contributed by atoms with Crippen molar-refractivity contribution in [2.75, 3.05) is 13.7 Å². The zero-order chi connectivity index (χ0) is 20.1. The maximum Gasteiger partial charge on any atom is 0.264 e. The molecule has 7 heteroatoms. The highest BCUT2D eigenvalue weighted by molar-refractivity contribution is 5.93. The molecule has 144 valence electrons. The van der Waals surface area contributed by atoms with E-state index in [0.717, 1.165) is 11.1 Å². The standard InChI is InChI=1S/C21H21N3O4/c1-13-6-8-14(9-7-13)19-22-11-17(21(27)24-19)20(26)23-12-18(25)15-4-3-5-16(10-15)28-2/h3-11,18,25H,12H2,1-2H3,(H,23,26)(H,22,24,27)/t18-/m1/s1. The van der Waals surface area contributed by atoms with E-state index in [2.05, 4.69) is 15.3 Å². The molecule has 1 aromatic heterocycles. The molecule has 2 aromatic carbocycles. The average molecular weight is 379 g/mol. The number of aryl methyl sites for hydroxylation is 1. The van der Waals surface area contributed by atoms with Crippen molar-refractivity contribution in [1.29, 1.82) is 0 Å². The number of aliphatic hydroxyl groups excluding tert-OH is 1. The highest BCUT2D eigenvalue weighted by atomic mass is 16.5. The van der Waals surface area contributed by atoms with Gasteiger partial charge in [0.15, 0.2) is 0 Å². The van der Waals surface area contributed by atoms with Crippen LogP contribution >= 0.6 is 0 Å². The zero-order valence-corrected chi connectivity index (χ0v) is 15.6. The topological polar surface area (TPSA) is 104 Å². The molecule has 0 aliphatic heterocycles. The van der Waals surface area contributed by atoms with Crippen molar-refractivity contribution in [3.63, 3.8) is 0 Å². The smallest absolute Gasteiger partial charge is 0.264 e. The summed E-state index contributed by atoms with van der Waals surface area (Å²) in [5.74, 6) is 0.388. The van der Waals surface area contributed by atoms with Gasteiger partial charge in [-0.3, -0.25) is 9.59 Å². The van der Waals surface area contributed by atoms with Crippen molar-refractivity contribution in [2.24, 2.45) is 0 Å². The quantitative estimate of drug-likeness (QED) is 0.609. The van der Waals surface area contributed by atoms with Gasteiger partial charge < -0.3 is 20.1 Å². The van der Waals surface area contributed by atoms with E-state index in [0.29, 0.717) is 17.1 Å². The second-order valence-electron chi connectivity index (χ2n) is 6.34. The van der Waals surface area contributed by atoms with E-state index in [4.69, 9.17) is 4.74 Å². The minimum Gasteiger partial charge on any atom is -0.497 e. The summed E-state index contributed by atoms with van der Waals surface area (Å²) in [5.41, 5.74) is 1.79. The van der Waals surface area contributed by atoms with Crippen molar-refractivity contribution >= 4 is 5.91 Å². The molecule has 0 aliphatic rings. The van der Waals surface area contributed by atoms with Crippen LogP contribution in [0.2, 0.25) is 0 Å². The van der Waals surface area contributed by atoms with Crippen LogP contribution in [-0.4, -0.2) is 34.6 Å². The van der Waals surface area contributed by atoms with Crippen LogP contribution in [0.4, 0.5) is 0 Å². The van der Waals surface area contributed by atoms with Gasteiger partial charge >= 0.3 is 0 Å². The van der Waals surface area contributed by atoms with Crippen LogP contribution in [0.1, 0.15) is 27.6 Å². The molecule has 0 spiro atoms. The number of nitrogens with zero attached hydrogens (tertiary/aromatic N) is 1. The fraction of sp³-hybridized carbons (Fsp3) is 0.190. The predicted octanol–water partition coefficient (Wildman–Crippen LogP) is 2.22. The van der Waals surface area contributed by atoms with E-state index in [-0.39, 0.29) is 12.1 Å². The lowest BCUT2D eigenvalue weighted by Gasteiger charge is -2.13. The first-order valence-corrected chi connectivity index (χ1v) is 8.74. The molecular formula is C21H21N3O4. The molecule has 3 aromatic rings. The van der Waals surface area contributed by atoms with Gasteiger partial charge in [-0.05, 0) is 24.6 Å². The summed E-state index contributed by atoms with van der Waals surface area (Å²) in [4.78, 5) is 31.4. The minimum absolute atomic E-state index is 0.0504. The lowest BCUT2D eigenvalue weighted by molar-refractivity contribution is 0.0914. The van der Waals surface area contributed by atoms with Gasteiger partial charge in [0, 0.05) is 18.3 Å². The number of hydrogen-bond acceptors (Lipinski definition) is 5. The number of amides is 1. The molecule has 1 amide bonds. The summed E-state index contributed by atoms with van der Waals surface area (Å²) in [6, 6.07) is 14.4. The van der Waals surface area contributed by atoms with Gasteiger partial charge in [-0.15, -0.1) is 0 Å². The van der Waals surface area contributed by atoms with Crippen molar-refractivity contribution in [2.45, 2.75) is 13.0 Å². The second-order valence-corrected chi connectivity index (χ2v) is 6.34. The highest BCUT2D eigenvalue weighted by Crippen LogP contribution is 2.18. The van der Waals surface area contributed by atoms with E-state index in [1.807, 2.05) is 31.2 Å². The van der Waals surface area contributed by atoms with Gasteiger partial charge in [0.2, 0.25) is 0 Å². The predicted molar refractivity (Wildman–Crippen MR) is 105 cm³/mol. The van der Waals surface area contributed by atoms with E-state index < -0.39 is 17.6 Å². The molecule has 0 bridgehead atoms. The summed E-state index contributed by atoms with van der Waals surface area (Å²) in [6.45, 7) is 1.92. The van der Waals surface area contributed by atoms with E-state index in [1.165, 1.54) is 13.3 Å². The van der Waals surface area contributed by atoms with E-state index in [1.54, 1.807) is 24.3 Å². The summed E-state index contributed by atoms with van der Waals surface area (Å²) in [6.07, 6.45) is 0.305. The third-order valence-electron chi connectivity index (χ3n) is 4.30.